The lowest BCUT2D eigenvalue weighted by Crippen LogP contribution is -2.20. The Bertz CT molecular complexity index is 994. The molecule has 2 aromatic carbocycles. The Morgan fingerprint density at radius 3 is 2.48 bits per heavy atom. The molecular formula is C21H23ClN4O. The van der Waals surface area contributed by atoms with E-state index < -0.39 is 0 Å². The van der Waals surface area contributed by atoms with Crippen molar-refractivity contribution >= 4 is 29.0 Å². The lowest BCUT2D eigenvalue weighted by molar-refractivity contribution is 0.262. The molecule has 0 spiro atoms. The van der Waals surface area contributed by atoms with Gasteiger partial charge < -0.3 is 10.6 Å². The van der Waals surface area contributed by atoms with Crippen LogP contribution in [0.3, 0.4) is 0 Å². The van der Waals surface area contributed by atoms with Crippen molar-refractivity contribution in [1.29, 1.82) is 0 Å². The van der Waals surface area contributed by atoms with Crippen molar-refractivity contribution in [2.24, 2.45) is 0 Å². The van der Waals surface area contributed by atoms with Gasteiger partial charge in [-0.15, -0.1) is 0 Å². The molecule has 0 aliphatic carbocycles. The maximum Gasteiger partial charge on any atom is 0.323 e. The largest absolute Gasteiger partial charge is 0.323 e. The summed E-state index contributed by atoms with van der Waals surface area (Å²) in [7, 11) is 0. The van der Waals surface area contributed by atoms with Crippen LogP contribution in [0.5, 0.6) is 0 Å². The molecule has 5 nitrogen and oxygen atoms in total. The number of carbonyl (C=O) groups is 1. The zero-order valence-electron chi connectivity index (χ0n) is 15.9. The van der Waals surface area contributed by atoms with Gasteiger partial charge in [-0.05, 0) is 56.5 Å². The van der Waals surface area contributed by atoms with E-state index in [1.807, 2.05) is 49.7 Å². The predicted molar refractivity (Wildman–Crippen MR) is 111 cm³/mol. The van der Waals surface area contributed by atoms with Crippen LogP contribution in [0, 0.1) is 27.7 Å². The van der Waals surface area contributed by atoms with Crippen LogP contribution in [0.4, 0.5) is 16.2 Å². The first-order valence-electron chi connectivity index (χ1n) is 8.78. The fourth-order valence-electron chi connectivity index (χ4n) is 2.93. The fourth-order valence-corrected chi connectivity index (χ4v) is 3.11. The van der Waals surface area contributed by atoms with Gasteiger partial charge in [0.25, 0.3) is 0 Å². The Labute approximate surface area is 164 Å². The molecule has 27 heavy (non-hydrogen) atoms. The van der Waals surface area contributed by atoms with Crippen LogP contribution >= 0.6 is 11.6 Å². The van der Waals surface area contributed by atoms with Gasteiger partial charge in [-0.3, -0.25) is 4.68 Å². The molecule has 0 atom stereocenters. The zero-order chi connectivity index (χ0) is 19.6. The lowest BCUT2D eigenvalue weighted by Gasteiger charge is -2.10. The van der Waals surface area contributed by atoms with E-state index in [9.17, 15) is 4.79 Å². The maximum atomic E-state index is 12.4. The van der Waals surface area contributed by atoms with Crippen molar-refractivity contribution in [3.63, 3.8) is 0 Å². The molecule has 2 N–H and O–H groups in total. The number of halogens is 1. The summed E-state index contributed by atoms with van der Waals surface area (Å²) in [5.74, 6) is 0. The summed E-state index contributed by atoms with van der Waals surface area (Å²) in [6.07, 6.45) is 0. The van der Waals surface area contributed by atoms with E-state index in [0.717, 1.165) is 22.6 Å². The topological polar surface area (TPSA) is 59.0 Å². The molecule has 1 heterocycles. The highest BCUT2D eigenvalue weighted by Crippen LogP contribution is 2.23. The molecule has 3 aromatic rings. The average molecular weight is 383 g/mol. The summed E-state index contributed by atoms with van der Waals surface area (Å²) >= 11 is 6.12. The molecule has 6 heteroatoms. The number of benzene rings is 2. The number of urea groups is 1. The second kappa shape index (κ2) is 7.84. The number of hydrogen-bond donors (Lipinski definition) is 2. The molecule has 0 unspecified atom stereocenters. The minimum atomic E-state index is -0.323. The summed E-state index contributed by atoms with van der Waals surface area (Å²) in [6, 6.07) is 13.3. The van der Waals surface area contributed by atoms with Gasteiger partial charge in [0.05, 0.1) is 23.6 Å². The Hall–Kier alpha value is -2.79. The highest BCUT2D eigenvalue weighted by molar-refractivity contribution is 6.31. The van der Waals surface area contributed by atoms with Crippen LogP contribution in [-0.4, -0.2) is 15.8 Å². The van der Waals surface area contributed by atoms with Gasteiger partial charge in [0, 0.05) is 10.7 Å². The van der Waals surface area contributed by atoms with E-state index in [4.69, 9.17) is 11.6 Å². The summed E-state index contributed by atoms with van der Waals surface area (Å²) in [5.41, 5.74) is 6.43. The van der Waals surface area contributed by atoms with Gasteiger partial charge >= 0.3 is 6.03 Å². The number of amides is 2. The normalized spacial score (nSPS) is 10.7. The molecule has 0 aliphatic heterocycles. The minimum absolute atomic E-state index is 0.323. The van der Waals surface area contributed by atoms with Crippen LogP contribution < -0.4 is 10.6 Å². The van der Waals surface area contributed by atoms with Crippen LogP contribution in [0.25, 0.3) is 0 Å². The van der Waals surface area contributed by atoms with Gasteiger partial charge in [-0.1, -0.05) is 41.9 Å². The van der Waals surface area contributed by atoms with E-state index in [2.05, 4.69) is 34.8 Å². The number of rotatable bonds is 4. The molecule has 0 fully saturated rings. The van der Waals surface area contributed by atoms with E-state index in [1.54, 1.807) is 6.07 Å². The molecule has 140 valence electrons. The monoisotopic (exact) mass is 382 g/mol. The van der Waals surface area contributed by atoms with Crippen molar-refractivity contribution in [2.45, 2.75) is 34.2 Å². The molecule has 0 saturated carbocycles. The van der Waals surface area contributed by atoms with Gasteiger partial charge in [0.15, 0.2) is 0 Å². The predicted octanol–water partition coefficient (Wildman–Crippen LogP) is 5.46. The molecule has 3 rings (SSSR count). The lowest BCUT2D eigenvalue weighted by atomic mass is 10.1. The number of carbonyl (C=O) groups excluding carboxylic acids is 1. The second-order valence-electron chi connectivity index (χ2n) is 6.67. The molecule has 0 saturated heterocycles. The molecule has 1 aromatic heterocycles. The maximum absolute atomic E-state index is 12.4. The SMILES string of the molecule is Cc1ccc(NC(=O)Nc2c(C)nn(Cc3ccccc3C)c2C)cc1Cl. The first-order valence-corrected chi connectivity index (χ1v) is 9.15. The van der Waals surface area contributed by atoms with Gasteiger partial charge in [0.1, 0.15) is 0 Å². The molecular weight excluding hydrogens is 360 g/mol. The van der Waals surface area contributed by atoms with E-state index in [0.29, 0.717) is 17.3 Å². The van der Waals surface area contributed by atoms with Crippen LogP contribution in [0.15, 0.2) is 42.5 Å². The molecule has 0 bridgehead atoms. The first-order chi connectivity index (χ1) is 12.8. The standard InChI is InChI=1S/C21H23ClN4O/c1-13-7-5-6-8-17(13)12-26-16(4)20(15(3)25-26)24-21(27)23-18-10-9-14(2)19(22)11-18/h5-11H,12H2,1-4H3,(H2,23,24,27). The third kappa shape index (κ3) is 4.31. The van der Waals surface area contributed by atoms with Crippen molar-refractivity contribution in [3.8, 4) is 0 Å². The van der Waals surface area contributed by atoms with Crippen LogP contribution in [0.1, 0.15) is 28.1 Å². The highest BCUT2D eigenvalue weighted by Gasteiger charge is 2.15. The number of aromatic nitrogens is 2. The smallest absolute Gasteiger partial charge is 0.308 e. The Kier molecular flexibility index (Phi) is 5.51. The Morgan fingerprint density at radius 1 is 1.04 bits per heavy atom. The summed E-state index contributed by atoms with van der Waals surface area (Å²) in [4.78, 5) is 12.4. The first kappa shape index (κ1) is 19.0. The number of nitrogens with zero attached hydrogens (tertiary/aromatic N) is 2. The quantitative estimate of drug-likeness (QED) is 0.629. The number of hydrogen-bond acceptors (Lipinski definition) is 2. The molecule has 2 amide bonds. The average Bonchev–Trinajstić information content (AvgIpc) is 2.88. The third-order valence-electron chi connectivity index (χ3n) is 4.63. The summed E-state index contributed by atoms with van der Waals surface area (Å²) < 4.78 is 1.91. The van der Waals surface area contributed by atoms with E-state index in [-0.39, 0.29) is 6.03 Å². The zero-order valence-corrected chi connectivity index (χ0v) is 16.7. The van der Waals surface area contributed by atoms with Crippen molar-refractivity contribution < 1.29 is 4.79 Å². The number of nitrogens with one attached hydrogen (secondary N) is 2. The van der Waals surface area contributed by atoms with Crippen LogP contribution in [0.2, 0.25) is 5.02 Å². The van der Waals surface area contributed by atoms with Gasteiger partial charge in [0.2, 0.25) is 0 Å². The third-order valence-corrected chi connectivity index (χ3v) is 5.04. The number of aryl methyl sites for hydroxylation is 3. The highest BCUT2D eigenvalue weighted by atomic mass is 35.5. The van der Waals surface area contributed by atoms with Crippen molar-refractivity contribution in [3.05, 3.63) is 75.6 Å². The molecule has 0 aliphatic rings. The Balaban J connectivity index is 1.75. The minimum Gasteiger partial charge on any atom is -0.308 e. The van der Waals surface area contributed by atoms with E-state index >= 15 is 0 Å². The van der Waals surface area contributed by atoms with E-state index in [1.165, 1.54) is 11.1 Å². The summed E-state index contributed by atoms with van der Waals surface area (Å²) in [6.45, 7) is 8.51. The molecule has 0 radical (unpaired) electrons. The van der Waals surface area contributed by atoms with Crippen molar-refractivity contribution in [2.75, 3.05) is 10.6 Å². The van der Waals surface area contributed by atoms with Gasteiger partial charge in [-0.25, -0.2) is 4.79 Å². The fraction of sp³-hybridized carbons (Fsp3) is 0.238. The van der Waals surface area contributed by atoms with Gasteiger partial charge in [-0.2, -0.15) is 5.10 Å². The number of anilines is 2. The van der Waals surface area contributed by atoms with Crippen molar-refractivity contribution in [1.82, 2.24) is 9.78 Å². The Morgan fingerprint density at radius 2 is 1.78 bits per heavy atom. The van der Waals surface area contributed by atoms with Crippen LogP contribution in [-0.2, 0) is 6.54 Å². The summed E-state index contributed by atoms with van der Waals surface area (Å²) in [5, 5.41) is 10.9. The second-order valence-corrected chi connectivity index (χ2v) is 7.08.